The molecule has 4 N–H and O–H groups in total. The number of nitrogens with zero attached hydrogens (tertiary/aromatic N) is 4. The van der Waals surface area contributed by atoms with Gasteiger partial charge in [0.1, 0.15) is 5.52 Å². The molecule has 0 spiro atoms. The third-order valence-electron chi connectivity index (χ3n) is 4.10. The minimum atomic E-state index is -3.37. The van der Waals surface area contributed by atoms with E-state index in [1.54, 1.807) is 36.8 Å². The number of pyridine rings is 1. The zero-order valence-corrected chi connectivity index (χ0v) is 16.9. The van der Waals surface area contributed by atoms with Crippen molar-refractivity contribution in [3.8, 4) is 0 Å². The Balaban J connectivity index is 1.53. The number of imidazole rings is 1. The van der Waals surface area contributed by atoms with Crippen molar-refractivity contribution in [2.45, 2.75) is 6.42 Å². The Bertz CT molecular complexity index is 1260. The Hall–Kier alpha value is -3.73. The van der Waals surface area contributed by atoms with Crippen molar-refractivity contribution >= 4 is 44.3 Å². The molecule has 0 aliphatic rings. The van der Waals surface area contributed by atoms with Crippen LogP contribution >= 0.6 is 0 Å². The Morgan fingerprint density at radius 1 is 1.03 bits per heavy atom. The van der Waals surface area contributed by atoms with Gasteiger partial charge in [0, 0.05) is 30.5 Å². The van der Waals surface area contributed by atoms with Crippen LogP contribution in [0.4, 0.5) is 23.1 Å². The first-order chi connectivity index (χ1) is 14.5. The highest BCUT2D eigenvalue weighted by molar-refractivity contribution is 7.92. The van der Waals surface area contributed by atoms with E-state index in [1.165, 1.54) is 0 Å². The molecule has 4 rings (SSSR count). The molecule has 10 nitrogen and oxygen atoms in total. The second-order valence-electron chi connectivity index (χ2n) is 6.57. The average molecular weight is 424 g/mol. The predicted octanol–water partition coefficient (Wildman–Crippen LogP) is 2.52. The number of aromatic nitrogens is 5. The highest BCUT2D eigenvalue weighted by atomic mass is 32.2. The van der Waals surface area contributed by atoms with Crippen LogP contribution in [0.5, 0.6) is 0 Å². The SMILES string of the molecule is CS(=O)(=O)Nc1cccc(Nc2nc(NCCc3ccccn3)c3nc[nH]c3n2)c1. The summed E-state index contributed by atoms with van der Waals surface area (Å²) in [5.41, 5.74) is 3.28. The normalized spacial score (nSPS) is 11.4. The Labute approximate surface area is 173 Å². The number of rotatable bonds is 8. The molecule has 154 valence electrons. The number of H-pyrrole nitrogens is 1. The molecule has 0 amide bonds. The molecule has 0 atom stereocenters. The van der Waals surface area contributed by atoms with Crippen molar-refractivity contribution in [2.24, 2.45) is 0 Å². The second kappa shape index (κ2) is 8.33. The van der Waals surface area contributed by atoms with Crippen LogP contribution in [0.25, 0.3) is 11.2 Å². The molecule has 0 saturated carbocycles. The number of hydrogen-bond acceptors (Lipinski definition) is 8. The third kappa shape index (κ3) is 5.00. The summed E-state index contributed by atoms with van der Waals surface area (Å²) >= 11 is 0. The van der Waals surface area contributed by atoms with E-state index in [1.807, 2.05) is 18.2 Å². The van der Waals surface area contributed by atoms with Gasteiger partial charge in [-0.05, 0) is 30.3 Å². The van der Waals surface area contributed by atoms with E-state index >= 15 is 0 Å². The van der Waals surface area contributed by atoms with Crippen molar-refractivity contribution in [1.82, 2.24) is 24.9 Å². The van der Waals surface area contributed by atoms with Crippen molar-refractivity contribution in [2.75, 3.05) is 28.2 Å². The van der Waals surface area contributed by atoms with Crippen molar-refractivity contribution < 1.29 is 8.42 Å². The van der Waals surface area contributed by atoms with Crippen molar-refractivity contribution in [3.63, 3.8) is 0 Å². The summed E-state index contributed by atoms with van der Waals surface area (Å²) in [6.07, 6.45) is 5.16. The molecule has 3 aromatic heterocycles. The number of nitrogens with one attached hydrogen (secondary N) is 4. The first kappa shape index (κ1) is 19.6. The molecule has 0 unspecified atom stereocenters. The van der Waals surface area contributed by atoms with Gasteiger partial charge >= 0.3 is 0 Å². The summed E-state index contributed by atoms with van der Waals surface area (Å²) in [6.45, 7) is 0.628. The number of sulfonamides is 1. The number of fused-ring (bicyclic) bond motifs is 1. The fraction of sp³-hybridized carbons (Fsp3) is 0.158. The maximum Gasteiger partial charge on any atom is 0.231 e. The third-order valence-corrected chi connectivity index (χ3v) is 4.71. The average Bonchev–Trinajstić information content (AvgIpc) is 3.16. The molecule has 4 aromatic rings. The molecule has 0 aliphatic carbocycles. The maximum atomic E-state index is 11.5. The van der Waals surface area contributed by atoms with Gasteiger partial charge in [-0.25, -0.2) is 13.4 Å². The molecule has 11 heteroatoms. The van der Waals surface area contributed by atoms with Gasteiger partial charge in [0.2, 0.25) is 16.0 Å². The molecule has 30 heavy (non-hydrogen) atoms. The Kier molecular flexibility index (Phi) is 5.44. The number of hydrogen-bond donors (Lipinski definition) is 4. The van der Waals surface area contributed by atoms with Gasteiger partial charge in [-0.15, -0.1) is 0 Å². The van der Waals surface area contributed by atoms with E-state index in [2.05, 4.69) is 40.3 Å². The van der Waals surface area contributed by atoms with Gasteiger partial charge < -0.3 is 15.6 Å². The first-order valence-electron chi connectivity index (χ1n) is 9.16. The van der Waals surface area contributed by atoms with E-state index in [-0.39, 0.29) is 0 Å². The van der Waals surface area contributed by atoms with Crippen LogP contribution in [-0.2, 0) is 16.4 Å². The molecule has 3 heterocycles. The lowest BCUT2D eigenvalue weighted by Crippen LogP contribution is -2.10. The fourth-order valence-corrected chi connectivity index (χ4v) is 3.43. The fourth-order valence-electron chi connectivity index (χ4n) is 2.87. The molecule has 0 bridgehead atoms. The molecular formula is C19H20N8O2S. The van der Waals surface area contributed by atoms with Crippen molar-refractivity contribution in [3.05, 3.63) is 60.7 Å². The van der Waals surface area contributed by atoms with Gasteiger partial charge in [-0.3, -0.25) is 9.71 Å². The van der Waals surface area contributed by atoms with Gasteiger partial charge in [0.05, 0.1) is 18.3 Å². The van der Waals surface area contributed by atoms with Gasteiger partial charge in [0.25, 0.3) is 0 Å². The van der Waals surface area contributed by atoms with Crippen LogP contribution in [0.1, 0.15) is 5.69 Å². The summed E-state index contributed by atoms with van der Waals surface area (Å²) in [4.78, 5) is 20.5. The van der Waals surface area contributed by atoms with E-state index in [0.29, 0.717) is 40.8 Å². The highest BCUT2D eigenvalue weighted by Gasteiger charge is 2.11. The van der Waals surface area contributed by atoms with Crippen LogP contribution < -0.4 is 15.4 Å². The molecule has 1 aromatic carbocycles. The first-order valence-corrected chi connectivity index (χ1v) is 11.1. The smallest absolute Gasteiger partial charge is 0.231 e. The summed E-state index contributed by atoms with van der Waals surface area (Å²) in [5.74, 6) is 0.939. The van der Waals surface area contributed by atoms with Crippen LogP contribution in [0.3, 0.4) is 0 Å². The van der Waals surface area contributed by atoms with Crippen LogP contribution in [0.2, 0.25) is 0 Å². The molecule has 0 fully saturated rings. The number of anilines is 4. The Morgan fingerprint density at radius 2 is 1.90 bits per heavy atom. The maximum absolute atomic E-state index is 11.5. The zero-order valence-electron chi connectivity index (χ0n) is 16.1. The number of aromatic amines is 1. The van der Waals surface area contributed by atoms with Gasteiger partial charge in [-0.1, -0.05) is 12.1 Å². The topological polar surface area (TPSA) is 138 Å². The quantitative estimate of drug-likeness (QED) is 0.339. The summed E-state index contributed by atoms with van der Waals surface area (Å²) < 4.78 is 25.4. The number of benzene rings is 1. The van der Waals surface area contributed by atoms with E-state index in [4.69, 9.17) is 0 Å². The van der Waals surface area contributed by atoms with E-state index in [9.17, 15) is 8.42 Å². The van der Waals surface area contributed by atoms with Gasteiger partial charge in [0.15, 0.2) is 11.5 Å². The van der Waals surface area contributed by atoms with Crippen LogP contribution in [0.15, 0.2) is 55.0 Å². The lowest BCUT2D eigenvalue weighted by atomic mass is 10.3. The minimum Gasteiger partial charge on any atom is -0.368 e. The van der Waals surface area contributed by atoms with E-state index < -0.39 is 10.0 Å². The summed E-state index contributed by atoms with van der Waals surface area (Å²) in [6, 6.07) is 12.7. The highest BCUT2D eigenvalue weighted by Crippen LogP contribution is 2.23. The Morgan fingerprint density at radius 3 is 2.70 bits per heavy atom. The molecule has 0 radical (unpaired) electrons. The minimum absolute atomic E-state index is 0.351. The molecule has 0 aliphatic heterocycles. The summed E-state index contributed by atoms with van der Waals surface area (Å²) in [5, 5.41) is 6.39. The molecule has 0 saturated heterocycles. The van der Waals surface area contributed by atoms with Crippen molar-refractivity contribution in [1.29, 1.82) is 0 Å². The van der Waals surface area contributed by atoms with Gasteiger partial charge in [-0.2, -0.15) is 9.97 Å². The molecular weight excluding hydrogens is 404 g/mol. The van der Waals surface area contributed by atoms with Crippen LogP contribution in [0, 0.1) is 0 Å². The zero-order chi connectivity index (χ0) is 21.0. The van der Waals surface area contributed by atoms with Crippen LogP contribution in [-0.4, -0.2) is 46.1 Å². The lowest BCUT2D eigenvalue weighted by molar-refractivity contribution is 0.607. The largest absolute Gasteiger partial charge is 0.368 e. The second-order valence-corrected chi connectivity index (χ2v) is 8.32. The standard InChI is InChI=1S/C19H20N8O2S/c1-30(28,29)27-15-7-4-6-14(11-15)24-19-25-17(16-18(26-19)23-12-22-16)21-10-8-13-5-2-3-9-20-13/h2-7,9,11-12,27H,8,10H2,1H3,(H3,21,22,23,24,25,26). The predicted molar refractivity (Wildman–Crippen MR) is 116 cm³/mol. The lowest BCUT2D eigenvalue weighted by Gasteiger charge is -2.10. The summed E-state index contributed by atoms with van der Waals surface area (Å²) in [7, 11) is -3.37. The monoisotopic (exact) mass is 424 g/mol. The van der Waals surface area contributed by atoms with E-state index in [0.717, 1.165) is 18.4 Å².